The summed E-state index contributed by atoms with van der Waals surface area (Å²) in [7, 11) is 0. The van der Waals surface area contributed by atoms with Gasteiger partial charge in [0.2, 0.25) is 0 Å². The summed E-state index contributed by atoms with van der Waals surface area (Å²) in [4.78, 5) is 13.8. The molecule has 0 N–H and O–H groups in total. The second-order valence-electron chi connectivity index (χ2n) is 9.88. The van der Waals surface area contributed by atoms with Crippen LogP contribution in [0.25, 0.3) is 11.4 Å². The van der Waals surface area contributed by atoms with Crippen molar-refractivity contribution in [1.82, 2.24) is 15.0 Å². The van der Waals surface area contributed by atoms with Gasteiger partial charge in [-0.2, -0.15) is 0 Å². The predicted octanol–water partition coefficient (Wildman–Crippen LogP) is 8.76. The zero-order valence-corrected chi connectivity index (χ0v) is 21.1. The first kappa shape index (κ1) is 26.5. The minimum Gasteiger partial charge on any atom is -0.261 e. The van der Waals surface area contributed by atoms with E-state index in [1.165, 1.54) is 101 Å². The maximum atomic E-state index is 4.65. The van der Waals surface area contributed by atoms with Crippen LogP contribution in [-0.2, 0) is 12.8 Å². The van der Waals surface area contributed by atoms with Gasteiger partial charge in [0.1, 0.15) is 0 Å². The van der Waals surface area contributed by atoms with Crippen molar-refractivity contribution in [2.24, 2.45) is 5.92 Å². The van der Waals surface area contributed by atoms with Gasteiger partial charge in [-0.15, -0.1) is 0 Å². The Bertz CT molecular complexity index is 691. The van der Waals surface area contributed by atoms with Crippen molar-refractivity contribution in [1.29, 1.82) is 0 Å². The van der Waals surface area contributed by atoms with E-state index in [9.17, 15) is 0 Å². The molecule has 178 valence electrons. The maximum absolute atomic E-state index is 4.65. The van der Waals surface area contributed by atoms with Gasteiger partial charge >= 0.3 is 0 Å². The molecule has 0 radical (unpaired) electrons. The Morgan fingerprint density at radius 2 is 1.22 bits per heavy atom. The van der Waals surface area contributed by atoms with E-state index in [2.05, 4.69) is 47.9 Å². The number of aromatic nitrogens is 3. The molecule has 0 atom stereocenters. The molecule has 0 aliphatic heterocycles. The zero-order valence-electron chi connectivity index (χ0n) is 21.1. The van der Waals surface area contributed by atoms with Crippen molar-refractivity contribution in [2.45, 2.75) is 124 Å². The van der Waals surface area contributed by atoms with Crippen molar-refractivity contribution >= 4 is 0 Å². The van der Waals surface area contributed by atoms with Crippen LogP contribution in [0.2, 0.25) is 0 Å². The lowest BCUT2D eigenvalue weighted by Crippen LogP contribution is -1.95. The monoisotopic (exact) mass is 437 g/mol. The average Bonchev–Trinajstić information content (AvgIpc) is 2.81. The van der Waals surface area contributed by atoms with Crippen LogP contribution in [0.4, 0.5) is 0 Å². The zero-order chi connectivity index (χ0) is 22.9. The number of nitrogens with zero attached hydrogens (tertiary/aromatic N) is 3. The number of unbranched alkanes of at least 4 members (excludes halogenated alkanes) is 11. The molecule has 0 saturated carbocycles. The van der Waals surface area contributed by atoms with E-state index < -0.39 is 0 Å². The van der Waals surface area contributed by atoms with E-state index in [-0.39, 0.29) is 0 Å². The molecule has 2 aromatic heterocycles. The molecular formula is C29H47N3. The third kappa shape index (κ3) is 11.7. The van der Waals surface area contributed by atoms with Crippen LogP contribution in [0.15, 0.2) is 30.7 Å². The van der Waals surface area contributed by atoms with Gasteiger partial charge in [0.25, 0.3) is 0 Å². The Hall–Kier alpha value is -1.77. The Balaban J connectivity index is 1.62. The van der Waals surface area contributed by atoms with Crippen molar-refractivity contribution < 1.29 is 0 Å². The third-order valence-corrected chi connectivity index (χ3v) is 6.32. The molecule has 2 rings (SSSR count). The number of rotatable bonds is 18. The highest BCUT2D eigenvalue weighted by Crippen LogP contribution is 2.17. The molecule has 0 unspecified atom stereocenters. The molecule has 0 saturated heterocycles. The fourth-order valence-electron chi connectivity index (χ4n) is 4.19. The molecule has 3 nitrogen and oxygen atoms in total. The van der Waals surface area contributed by atoms with Crippen molar-refractivity contribution in [3.8, 4) is 11.4 Å². The van der Waals surface area contributed by atoms with Crippen LogP contribution in [0.1, 0.15) is 122 Å². The highest BCUT2D eigenvalue weighted by atomic mass is 14.9. The molecule has 2 aromatic rings. The summed E-state index contributed by atoms with van der Waals surface area (Å²) in [6.45, 7) is 6.90. The van der Waals surface area contributed by atoms with Crippen LogP contribution >= 0.6 is 0 Å². The molecule has 0 aliphatic rings. The van der Waals surface area contributed by atoms with Crippen LogP contribution < -0.4 is 0 Å². The molecule has 2 heterocycles. The molecule has 3 heteroatoms. The molecular weight excluding hydrogens is 390 g/mol. The smallest absolute Gasteiger partial charge is 0.160 e. The van der Waals surface area contributed by atoms with E-state index in [4.69, 9.17) is 0 Å². The molecule has 32 heavy (non-hydrogen) atoms. The van der Waals surface area contributed by atoms with Crippen LogP contribution in [-0.4, -0.2) is 15.0 Å². The number of hydrogen-bond acceptors (Lipinski definition) is 3. The minimum atomic E-state index is 0.786. The van der Waals surface area contributed by atoms with Gasteiger partial charge in [-0.25, -0.2) is 9.97 Å². The SMILES string of the molecule is CCCCCCCCCCc1cnc(-c2ccc(CCCCCCCC(C)C)nc2)nc1. The number of hydrogen-bond donors (Lipinski definition) is 0. The minimum absolute atomic E-state index is 0.786. The maximum Gasteiger partial charge on any atom is 0.160 e. The fraction of sp³-hybridized carbons (Fsp3) is 0.690. The standard InChI is InChI=1S/C29H47N3/c1-4-5-6-7-8-9-12-15-18-26-22-31-29(32-23-26)27-20-21-28(30-24-27)19-16-13-10-11-14-17-25(2)3/h20-25H,4-19H2,1-3H3. The van der Waals surface area contributed by atoms with E-state index in [0.29, 0.717) is 0 Å². The molecule has 0 aromatic carbocycles. The van der Waals surface area contributed by atoms with Crippen molar-refractivity contribution in [3.63, 3.8) is 0 Å². The predicted molar refractivity (Wildman–Crippen MR) is 138 cm³/mol. The van der Waals surface area contributed by atoms with Gasteiger partial charge in [-0.3, -0.25) is 4.98 Å². The van der Waals surface area contributed by atoms with Crippen molar-refractivity contribution in [2.75, 3.05) is 0 Å². The molecule has 0 amide bonds. The lowest BCUT2D eigenvalue weighted by molar-refractivity contribution is 0.514. The van der Waals surface area contributed by atoms with Crippen LogP contribution in [0, 0.1) is 5.92 Å². The first-order valence-electron chi connectivity index (χ1n) is 13.4. The quantitative estimate of drug-likeness (QED) is 0.219. The lowest BCUT2D eigenvalue weighted by atomic mass is 10.0. The van der Waals surface area contributed by atoms with Gasteiger partial charge < -0.3 is 0 Å². The fourth-order valence-corrected chi connectivity index (χ4v) is 4.19. The first-order valence-corrected chi connectivity index (χ1v) is 13.4. The summed E-state index contributed by atoms with van der Waals surface area (Å²) in [5.41, 5.74) is 3.45. The Labute approximate surface area is 197 Å². The van der Waals surface area contributed by atoms with E-state index in [1.54, 1.807) is 0 Å². The van der Waals surface area contributed by atoms with E-state index >= 15 is 0 Å². The normalized spacial score (nSPS) is 11.4. The molecule has 0 spiro atoms. The molecule has 0 aliphatic carbocycles. The van der Waals surface area contributed by atoms with Gasteiger partial charge in [0.15, 0.2) is 5.82 Å². The Kier molecular flexibility index (Phi) is 13.9. The summed E-state index contributed by atoms with van der Waals surface area (Å²) in [6.07, 6.45) is 26.9. The summed E-state index contributed by atoms with van der Waals surface area (Å²) >= 11 is 0. The second kappa shape index (κ2) is 16.8. The van der Waals surface area contributed by atoms with Gasteiger partial charge in [0, 0.05) is 29.8 Å². The topological polar surface area (TPSA) is 38.7 Å². The third-order valence-electron chi connectivity index (χ3n) is 6.32. The Morgan fingerprint density at radius 1 is 0.625 bits per heavy atom. The summed E-state index contributed by atoms with van der Waals surface area (Å²) in [5, 5.41) is 0. The summed E-state index contributed by atoms with van der Waals surface area (Å²) in [6, 6.07) is 4.27. The summed E-state index contributed by atoms with van der Waals surface area (Å²) in [5.74, 6) is 1.63. The molecule has 0 fully saturated rings. The number of pyridine rings is 1. The van der Waals surface area contributed by atoms with E-state index in [1.807, 2.05) is 18.6 Å². The second-order valence-corrected chi connectivity index (χ2v) is 9.88. The average molecular weight is 438 g/mol. The largest absolute Gasteiger partial charge is 0.261 e. The highest BCUT2D eigenvalue weighted by Gasteiger charge is 2.04. The first-order chi connectivity index (χ1) is 15.7. The highest BCUT2D eigenvalue weighted by molar-refractivity contribution is 5.53. The van der Waals surface area contributed by atoms with Crippen molar-refractivity contribution in [3.05, 3.63) is 42.0 Å². The molecule has 0 bridgehead atoms. The summed E-state index contributed by atoms with van der Waals surface area (Å²) < 4.78 is 0. The van der Waals surface area contributed by atoms with Gasteiger partial charge in [-0.05, 0) is 49.3 Å². The number of aryl methyl sites for hydroxylation is 2. The van der Waals surface area contributed by atoms with Crippen LogP contribution in [0.5, 0.6) is 0 Å². The Morgan fingerprint density at radius 3 is 1.81 bits per heavy atom. The van der Waals surface area contributed by atoms with Gasteiger partial charge in [-0.1, -0.05) is 97.8 Å². The van der Waals surface area contributed by atoms with E-state index in [0.717, 1.165) is 30.1 Å². The lowest BCUT2D eigenvalue weighted by Gasteiger charge is -2.06. The van der Waals surface area contributed by atoms with Gasteiger partial charge in [0.05, 0.1) is 0 Å². The van der Waals surface area contributed by atoms with Crippen LogP contribution in [0.3, 0.4) is 0 Å².